The number of nitrogens with one attached hydrogen (secondary N) is 1. The molecule has 0 aromatic carbocycles. The third-order valence-corrected chi connectivity index (χ3v) is 2.24. The maximum Gasteiger partial charge on any atom is 0.242 e. The summed E-state index contributed by atoms with van der Waals surface area (Å²) in [5.41, 5.74) is 0.692. The van der Waals surface area contributed by atoms with Crippen LogP contribution in [0.25, 0.3) is 0 Å². The Bertz CT molecular complexity index is 361. The highest BCUT2D eigenvalue weighted by molar-refractivity contribution is 5.87. The number of hydrogen-bond acceptors (Lipinski definition) is 4. The van der Waals surface area contributed by atoms with Crippen molar-refractivity contribution in [3.63, 3.8) is 0 Å². The van der Waals surface area contributed by atoms with Crippen molar-refractivity contribution in [2.75, 3.05) is 13.1 Å². The number of hydrogen-bond donors (Lipinski definition) is 1. The van der Waals surface area contributed by atoms with Gasteiger partial charge in [-0.25, -0.2) is 0 Å². The highest BCUT2D eigenvalue weighted by atomic mass is 16.5. The van der Waals surface area contributed by atoms with Crippen molar-refractivity contribution in [3.05, 3.63) is 18.0 Å². The first-order valence-electron chi connectivity index (χ1n) is 4.69. The monoisotopic (exact) mass is 209 g/mol. The van der Waals surface area contributed by atoms with Gasteiger partial charge in [-0.2, -0.15) is 0 Å². The molecule has 2 rings (SSSR count). The molecule has 0 bridgehead atoms. The molecule has 1 aromatic heterocycles. The lowest BCUT2D eigenvalue weighted by molar-refractivity contribution is -0.130. The van der Waals surface area contributed by atoms with Gasteiger partial charge >= 0.3 is 0 Å². The number of carbonyl (C=O) groups is 2. The lowest BCUT2D eigenvalue weighted by Gasteiger charge is -2.17. The Morgan fingerprint density at radius 3 is 3.13 bits per heavy atom. The van der Waals surface area contributed by atoms with Gasteiger partial charge in [0.25, 0.3) is 0 Å². The summed E-state index contributed by atoms with van der Waals surface area (Å²) in [6.07, 6.45) is 1.80. The van der Waals surface area contributed by atoms with Crippen LogP contribution < -0.4 is 5.32 Å². The number of carbonyl (C=O) groups excluding carboxylic acids is 2. The van der Waals surface area contributed by atoms with Crippen molar-refractivity contribution in [3.8, 4) is 0 Å². The second-order valence-corrected chi connectivity index (χ2v) is 3.33. The van der Waals surface area contributed by atoms with Crippen LogP contribution in [0.15, 0.2) is 16.9 Å². The van der Waals surface area contributed by atoms with Gasteiger partial charge in [0, 0.05) is 19.0 Å². The van der Waals surface area contributed by atoms with Gasteiger partial charge in [0.2, 0.25) is 11.8 Å². The lowest BCUT2D eigenvalue weighted by atomic mass is 10.3. The number of nitrogens with zero attached hydrogens (tertiary/aromatic N) is 2. The highest BCUT2D eigenvalue weighted by Gasteiger charge is 2.20. The van der Waals surface area contributed by atoms with E-state index in [0.717, 1.165) is 0 Å². The van der Waals surface area contributed by atoms with E-state index in [4.69, 9.17) is 0 Å². The topological polar surface area (TPSA) is 75.4 Å². The van der Waals surface area contributed by atoms with E-state index in [9.17, 15) is 9.59 Å². The zero-order chi connectivity index (χ0) is 10.7. The fourth-order valence-corrected chi connectivity index (χ4v) is 1.42. The van der Waals surface area contributed by atoms with E-state index in [1.165, 1.54) is 6.26 Å². The first kappa shape index (κ1) is 9.70. The zero-order valence-electron chi connectivity index (χ0n) is 8.10. The van der Waals surface area contributed by atoms with Crippen molar-refractivity contribution in [1.82, 2.24) is 15.4 Å². The zero-order valence-corrected chi connectivity index (χ0v) is 8.10. The van der Waals surface area contributed by atoms with E-state index in [0.29, 0.717) is 25.2 Å². The van der Waals surface area contributed by atoms with Gasteiger partial charge in [-0.05, 0) is 0 Å². The fourth-order valence-electron chi connectivity index (χ4n) is 1.42. The Morgan fingerprint density at radius 2 is 2.40 bits per heavy atom. The Kier molecular flexibility index (Phi) is 2.66. The second-order valence-electron chi connectivity index (χ2n) is 3.33. The minimum absolute atomic E-state index is 0.0662. The van der Waals surface area contributed by atoms with Crippen LogP contribution in [0, 0.1) is 0 Å². The number of amides is 2. The van der Waals surface area contributed by atoms with Crippen LogP contribution in [-0.2, 0) is 16.1 Å². The van der Waals surface area contributed by atoms with E-state index in [-0.39, 0.29) is 18.4 Å². The Labute approximate surface area is 86.2 Å². The molecule has 1 fully saturated rings. The summed E-state index contributed by atoms with van der Waals surface area (Å²) in [5, 5.41) is 6.25. The van der Waals surface area contributed by atoms with E-state index >= 15 is 0 Å². The van der Waals surface area contributed by atoms with Crippen LogP contribution in [0.3, 0.4) is 0 Å². The second kappa shape index (κ2) is 4.12. The van der Waals surface area contributed by atoms with Gasteiger partial charge in [-0.15, -0.1) is 0 Å². The molecule has 0 spiro atoms. The highest BCUT2D eigenvalue weighted by Crippen LogP contribution is 2.05. The molecular formula is C9H11N3O3. The van der Waals surface area contributed by atoms with Crippen LogP contribution in [0.5, 0.6) is 0 Å². The molecule has 80 valence electrons. The normalized spacial score (nSPS) is 17.5. The third-order valence-electron chi connectivity index (χ3n) is 2.24. The summed E-state index contributed by atoms with van der Waals surface area (Å²) < 4.78 is 4.67. The molecular weight excluding hydrogens is 198 g/mol. The molecule has 0 unspecified atom stereocenters. The Balaban J connectivity index is 2.01. The molecule has 0 aliphatic carbocycles. The van der Waals surface area contributed by atoms with E-state index in [1.807, 2.05) is 0 Å². The minimum atomic E-state index is -0.0937. The predicted molar refractivity (Wildman–Crippen MR) is 49.5 cm³/mol. The molecule has 0 saturated carbocycles. The molecule has 6 nitrogen and oxygen atoms in total. The minimum Gasteiger partial charge on any atom is -0.364 e. The molecule has 1 saturated heterocycles. The van der Waals surface area contributed by atoms with Gasteiger partial charge in [-0.1, -0.05) is 5.16 Å². The summed E-state index contributed by atoms with van der Waals surface area (Å²) >= 11 is 0. The third kappa shape index (κ3) is 2.34. The van der Waals surface area contributed by atoms with Crippen molar-refractivity contribution in [2.24, 2.45) is 0 Å². The summed E-state index contributed by atoms with van der Waals surface area (Å²) in [6.45, 7) is 0.887. The van der Waals surface area contributed by atoms with Crippen molar-refractivity contribution in [2.45, 2.75) is 13.0 Å². The van der Waals surface area contributed by atoms with Crippen LogP contribution >= 0.6 is 0 Å². The largest absolute Gasteiger partial charge is 0.364 e. The first-order chi connectivity index (χ1) is 7.25. The quantitative estimate of drug-likeness (QED) is 0.714. The molecule has 1 aromatic rings. The van der Waals surface area contributed by atoms with E-state index in [1.54, 1.807) is 11.0 Å². The van der Waals surface area contributed by atoms with E-state index in [2.05, 4.69) is 15.0 Å². The van der Waals surface area contributed by atoms with E-state index < -0.39 is 0 Å². The molecule has 2 amide bonds. The standard InChI is InChI=1S/C9H11N3O3/c13-8-1-3-12(9(14)5-10-8)6-7-2-4-15-11-7/h2,4H,1,3,5-6H2,(H,10,13). The van der Waals surface area contributed by atoms with Gasteiger partial charge in [0.15, 0.2) is 0 Å². The average molecular weight is 209 g/mol. The summed E-state index contributed by atoms with van der Waals surface area (Å²) in [5.74, 6) is -0.185. The summed E-state index contributed by atoms with van der Waals surface area (Å²) in [6, 6.07) is 1.70. The maximum atomic E-state index is 11.5. The molecule has 1 N–H and O–H groups in total. The SMILES string of the molecule is O=C1CCN(Cc2ccon2)C(=O)CN1. The molecule has 6 heteroatoms. The van der Waals surface area contributed by atoms with Crippen LogP contribution in [-0.4, -0.2) is 35.0 Å². The lowest BCUT2D eigenvalue weighted by Crippen LogP contribution is -2.34. The molecule has 1 aliphatic rings. The molecule has 2 heterocycles. The van der Waals surface area contributed by atoms with Gasteiger partial charge < -0.3 is 14.7 Å². The summed E-state index contributed by atoms with van der Waals surface area (Å²) in [4.78, 5) is 24.2. The number of aromatic nitrogens is 1. The van der Waals surface area contributed by atoms with Gasteiger partial charge in [0.05, 0.1) is 13.1 Å². The van der Waals surface area contributed by atoms with Crippen molar-refractivity contribution < 1.29 is 14.1 Å². The Hall–Kier alpha value is -1.85. The van der Waals surface area contributed by atoms with Crippen LogP contribution in [0.1, 0.15) is 12.1 Å². The average Bonchev–Trinajstić information content (AvgIpc) is 2.67. The van der Waals surface area contributed by atoms with Crippen molar-refractivity contribution >= 4 is 11.8 Å². The predicted octanol–water partition coefficient (Wildman–Crippen LogP) is -0.477. The molecule has 15 heavy (non-hydrogen) atoms. The van der Waals surface area contributed by atoms with Gasteiger partial charge in [0.1, 0.15) is 12.0 Å². The molecule has 0 atom stereocenters. The smallest absolute Gasteiger partial charge is 0.242 e. The van der Waals surface area contributed by atoms with Crippen molar-refractivity contribution in [1.29, 1.82) is 0 Å². The molecule has 1 aliphatic heterocycles. The Morgan fingerprint density at radius 1 is 1.53 bits per heavy atom. The number of rotatable bonds is 2. The summed E-state index contributed by atoms with van der Waals surface area (Å²) in [7, 11) is 0. The van der Waals surface area contributed by atoms with Gasteiger partial charge in [-0.3, -0.25) is 9.59 Å². The van der Waals surface area contributed by atoms with Crippen LogP contribution in [0.4, 0.5) is 0 Å². The maximum absolute atomic E-state index is 11.5. The fraction of sp³-hybridized carbons (Fsp3) is 0.444. The first-order valence-corrected chi connectivity index (χ1v) is 4.69. The molecule has 0 radical (unpaired) electrons. The van der Waals surface area contributed by atoms with Crippen LogP contribution in [0.2, 0.25) is 0 Å².